The third-order valence-corrected chi connectivity index (χ3v) is 2.97. The van der Waals surface area contributed by atoms with Gasteiger partial charge in [-0.25, -0.2) is 0 Å². The van der Waals surface area contributed by atoms with Gasteiger partial charge in [-0.15, -0.1) is 0 Å². The van der Waals surface area contributed by atoms with E-state index in [2.05, 4.69) is 27.8 Å². The van der Waals surface area contributed by atoms with Crippen LogP contribution in [0, 0.1) is 6.92 Å². The fourth-order valence-electron chi connectivity index (χ4n) is 1.27. The summed E-state index contributed by atoms with van der Waals surface area (Å²) >= 11 is 9.09. The molecule has 1 amide bonds. The fourth-order valence-corrected chi connectivity index (χ4v) is 1.53. The Hall–Kier alpha value is -1.00. The first kappa shape index (κ1) is 15.1. The largest absolute Gasteiger partial charge is 0.481 e. The van der Waals surface area contributed by atoms with Crippen molar-refractivity contribution >= 4 is 33.4 Å². The summed E-state index contributed by atoms with van der Waals surface area (Å²) in [5.41, 5.74) is 0.913. The quantitative estimate of drug-likeness (QED) is 0.897. The van der Waals surface area contributed by atoms with Crippen LogP contribution in [-0.4, -0.2) is 18.6 Å². The second-order valence-corrected chi connectivity index (χ2v) is 5.43. The molecule has 0 bridgehead atoms. The molecule has 0 aromatic heterocycles. The fraction of sp³-hybridized carbons (Fsp3) is 0.308. The van der Waals surface area contributed by atoms with Crippen molar-refractivity contribution in [1.29, 1.82) is 0 Å². The zero-order valence-corrected chi connectivity index (χ0v) is 12.6. The van der Waals surface area contributed by atoms with Crippen LogP contribution >= 0.6 is 27.5 Å². The third kappa shape index (κ3) is 4.70. The zero-order valence-electron chi connectivity index (χ0n) is 10.3. The van der Waals surface area contributed by atoms with Crippen LogP contribution in [0.2, 0.25) is 5.02 Å². The van der Waals surface area contributed by atoms with E-state index in [0.29, 0.717) is 21.8 Å². The Morgan fingerprint density at radius 3 is 2.83 bits per heavy atom. The molecule has 0 saturated heterocycles. The monoisotopic (exact) mass is 331 g/mol. The summed E-state index contributed by atoms with van der Waals surface area (Å²) in [4.78, 5) is 11.7. The highest BCUT2D eigenvalue weighted by molar-refractivity contribution is 9.11. The molecule has 1 rings (SSSR count). The molecule has 0 saturated carbocycles. The Kier molecular flexibility index (Phi) is 5.69. The highest BCUT2D eigenvalue weighted by atomic mass is 79.9. The van der Waals surface area contributed by atoms with Crippen LogP contribution in [-0.2, 0) is 4.79 Å². The summed E-state index contributed by atoms with van der Waals surface area (Å²) in [6.45, 7) is 7.59. The lowest BCUT2D eigenvalue weighted by atomic mass is 10.2. The molecule has 18 heavy (non-hydrogen) atoms. The van der Waals surface area contributed by atoms with Crippen LogP contribution in [0.5, 0.6) is 5.75 Å². The summed E-state index contributed by atoms with van der Waals surface area (Å²) in [7, 11) is 0. The van der Waals surface area contributed by atoms with Crippen LogP contribution < -0.4 is 10.1 Å². The van der Waals surface area contributed by atoms with Gasteiger partial charge in [0.05, 0.1) is 0 Å². The van der Waals surface area contributed by atoms with Crippen LogP contribution in [0.4, 0.5) is 0 Å². The molecule has 1 aromatic rings. The minimum Gasteiger partial charge on any atom is -0.481 e. The number of carbonyl (C=O) groups is 1. The van der Waals surface area contributed by atoms with Crippen molar-refractivity contribution < 1.29 is 9.53 Å². The van der Waals surface area contributed by atoms with Gasteiger partial charge in [0.2, 0.25) is 0 Å². The Balaban J connectivity index is 2.58. The van der Waals surface area contributed by atoms with Crippen molar-refractivity contribution in [2.24, 2.45) is 0 Å². The first-order valence-electron chi connectivity index (χ1n) is 5.44. The third-order valence-electron chi connectivity index (χ3n) is 2.27. The Bertz CT molecular complexity index is 462. The van der Waals surface area contributed by atoms with Gasteiger partial charge in [0, 0.05) is 16.0 Å². The number of rotatable bonds is 5. The van der Waals surface area contributed by atoms with Crippen molar-refractivity contribution in [2.75, 3.05) is 6.54 Å². The van der Waals surface area contributed by atoms with Crippen molar-refractivity contribution in [3.05, 3.63) is 39.8 Å². The summed E-state index contributed by atoms with van der Waals surface area (Å²) < 4.78 is 6.24. The summed E-state index contributed by atoms with van der Waals surface area (Å²) in [6, 6.07) is 5.29. The average molecular weight is 333 g/mol. The van der Waals surface area contributed by atoms with Gasteiger partial charge in [0.1, 0.15) is 5.75 Å². The van der Waals surface area contributed by atoms with E-state index in [1.165, 1.54) is 0 Å². The summed E-state index contributed by atoms with van der Waals surface area (Å²) in [5.74, 6) is 0.431. The number of benzene rings is 1. The predicted octanol–water partition coefficient (Wildman–Crippen LogP) is 3.44. The number of nitrogens with one attached hydrogen (secondary N) is 1. The van der Waals surface area contributed by atoms with Crippen molar-refractivity contribution in [1.82, 2.24) is 5.32 Å². The van der Waals surface area contributed by atoms with Crippen molar-refractivity contribution in [2.45, 2.75) is 20.0 Å². The van der Waals surface area contributed by atoms with E-state index >= 15 is 0 Å². The number of hydrogen-bond acceptors (Lipinski definition) is 2. The van der Waals surface area contributed by atoms with Crippen molar-refractivity contribution in [3.63, 3.8) is 0 Å². The van der Waals surface area contributed by atoms with Crippen LogP contribution in [0.1, 0.15) is 12.5 Å². The topological polar surface area (TPSA) is 38.3 Å². The SMILES string of the molecule is C=C(Br)CNC(=O)C(C)Oc1ccc(Cl)c(C)c1. The molecule has 0 heterocycles. The van der Waals surface area contributed by atoms with Crippen molar-refractivity contribution in [3.8, 4) is 5.75 Å². The molecule has 1 aromatic carbocycles. The molecule has 0 aliphatic carbocycles. The standard InChI is InChI=1S/C13H15BrClNO2/c1-8-6-11(4-5-12(8)15)18-10(3)13(17)16-7-9(2)14/h4-6,10H,2,7H2,1,3H3,(H,16,17). The lowest BCUT2D eigenvalue weighted by molar-refractivity contribution is -0.127. The summed E-state index contributed by atoms with van der Waals surface area (Å²) in [5, 5.41) is 3.37. The maximum Gasteiger partial charge on any atom is 0.261 e. The highest BCUT2D eigenvalue weighted by Gasteiger charge is 2.14. The Morgan fingerprint density at radius 1 is 1.61 bits per heavy atom. The molecule has 3 nitrogen and oxygen atoms in total. The lowest BCUT2D eigenvalue weighted by Crippen LogP contribution is -2.36. The molecule has 0 spiro atoms. The second kappa shape index (κ2) is 6.81. The molecule has 0 aliphatic heterocycles. The van der Waals surface area contributed by atoms with E-state index in [9.17, 15) is 4.79 Å². The van der Waals surface area contributed by atoms with Gasteiger partial charge in [-0.2, -0.15) is 0 Å². The molecule has 1 N–H and O–H groups in total. The van der Waals surface area contributed by atoms with E-state index in [0.717, 1.165) is 5.56 Å². The normalized spacial score (nSPS) is 11.8. The molecule has 0 radical (unpaired) electrons. The first-order valence-corrected chi connectivity index (χ1v) is 6.61. The Labute approximate surface area is 120 Å². The van der Waals surface area contributed by atoms with Gasteiger partial charge >= 0.3 is 0 Å². The number of amides is 1. The Morgan fingerprint density at radius 2 is 2.28 bits per heavy atom. The van der Waals surface area contributed by atoms with Crippen LogP contribution in [0.3, 0.4) is 0 Å². The molecule has 1 unspecified atom stereocenters. The van der Waals surface area contributed by atoms with Gasteiger partial charge in [0.25, 0.3) is 5.91 Å². The smallest absolute Gasteiger partial charge is 0.261 e. The molecular weight excluding hydrogens is 318 g/mol. The zero-order chi connectivity index (χ0) is 13.7. The van der Waals surface area contributed by atoms with E-state index in [1.54, 1.807) is 25.1 Å². The second-order valence-electron chi connectivity index (χ2n) is 3.91. The maximum absolute atomic E-state index is 11.7. The minimum absolute atomic E-state index is 0.191. The van der Waals surface area contributed by atoms with E-state index in [-0.39, 0.29) is 5.91 Å². The molecule has 0 fully saturated rings. The van der Waals surface area contributed by atoms with E-state index in [4.69, 9.17) is 16.3 Å². The predicted molar refractivity (Wildman–Crippen MR) is 77.4 cm³/mol. The van der Waals surface area contributed by atoms with Gasteiger partial charge in [-0.3, -0.25) is 4.79 Å². The van der Waals surface area contributed by atoms with E-state index in [1.807, 2.05) is 6.92 Å². The summed E-state index contributed by atoms with van der Waals surface area (Å²) in [6.07, 6.45) is -0.572. The van der Waals surface area contributed by atoms with Crippen LogP contribution in [0.15, 0.2) is 29.3 Å². The molecular formula is C13H15BrClNO2. The van der Waals surface area contributed by atoms with Gasteiger partial charge < -0.3 is 10.1 Å². The van der Waals surface area contributed by atoms with Gasteiger partial charge in [-0.05, 0) is 37.6 Å². The molecule has 5 heteroatoms. The average Bonchev–Trinajstić information content (AvgIpc) is 2.30. The number of halogens is 2. The highest BCUT2D eigenvalue weighted by Crippen LogP contribution is 2.21. The lowest BCUT2D eigenvalue weighted by Gasteiger charge is -2.15. The molecule has 0 aliphatic rings. The van der Waals surface area contributed by atoms with E-state index < -0.39 is 6.10 Å². The number of ether oxygens (including phenoxy) is 1. The maximum atomic E-state index is 11.7. The molecule has 98 valence electrons. The number of carbonyl (C=O) groups excluding carboxylic acids is 1. The number of aryl methyl sites for hydroxylation is 1. The van der Waals surface area contributed by atoms with Crippen LogP contribution in [0.25, 0.3) is 0 Å². The minimum atomic E-state index is -0.572. The van der Waals surface area contributed by atoms with Gasteiger partial charge in [0.15, 0.2) is 6.10 Å². The first-order chi connectivity index (χ1) is 8.40. The van der Waals surface area contributed by atoms with Gasteiger partial charge in [-0.1, -0.05) is 34.1 Å². The number of hydrogen-bond donors (Lipinski definition) is 1. The molecule has 1 atom stereocenters.